The molecule has 0 spiro atoms. The van der Waals surface area contributed by atoms with E-state index in [1.165, 1.54) is 0 Å². The van der Waals surface area contributed by atoms with Gasteiger partial charge in [0.15, 0.2) is 0 Å². The first kappa shape index (κ1) is 26.0. The first-order valence-corrected chi connectivity index (χ1v) is 13.0. The molecule has 0 N–H and O–H groups in total. The van der Waals surface area contributed by atoms with E-state index in [9.17, 15) is 10.2 Å². The number of aromatic nitrogens is 1. The van der Waals surface area contributed by atoms with E-state index < -0.39 is 0 Å². The van der Waals surface area contributed by atoms with Crippen LogP contribution < -0.4 is 0 Å². The van der Waals surface area contributed by atoms with E-state index in [-0.39, 0.29) is 31.6 Å². The van der Waals surface area contributed by atoms with Crippen LogP contribution in [0.15, 0.2) is 53.2 Å². The Morgan fingerprint density at radius 2 is 1.70 bits per heavy atom. The van der Waals surface area contributed by atoms with Crippen molar-refractivity contribution in [2.75, 3.05) is 45.9 Å². The Morgan fingerprint density at radius 1 is 0.946 bits per heavy atom. The fourth-order valence-corrected chi connectivity index (χ4v) is 5.65. The van der Waals surface area contributed by atoms with Gasteiger partial charge >= 0.3 is 19.8 Å². The number of aryl methyl sites for hydroxylation is 1. The molecule has 0 saturated carbocycles. The van der Waals surface area contributed by atoms with Gasteiger partial charge in [-0.3, -0.25) is 14.7 Å². The van der Waals surface area contributed by atoms with Gasteiger partial charge in [-0.05, 0) is 66.6 Å². The minimum atomic E-state index is 0. The van der Waals surface area contributed by atoms with Crippen molar-refractivity contribution < 1.29 is 33.7 Å². The average molecular weight is 674 g/mol. The van der Waals surface area contributed by atoms with Crippen molar-refractivity contribution in [3.63, 3.8) is 0 Å². The number of hydrogen-bond acceptors (Lipinski definition) is 5. The molecule has 0 bridgehead atoms. The molecule has 3 aliphatic rings. The van der Waals surface area contributed by atoms with E-state index in [4.69, 9.17) is 9.15 Å². The van der Waals surface area contributed by atoms with Crippen molar-refractivity contribution in [2.24, 2.45) is 0 Å². The number of furan rings is 1. The fraction of sp³-hybridized carbons (Fsp3) is 0.414. The second-order valence-electron chi connectivity index (χ2n) is 9.99. The second kappa shape index (κ2) is 11.4. The third kappa shape index (κ3) is 5.48. The number of likely N-dealkylation sites (tertiary alicyclic amines) is 1. The maximum absolute atomic E-state index is 12.8. The molecule has 1 aliphatic carbocycles. The van der Waals surface area contributed by atoms with Crippen LogP contribution >= 0.6 is 0 Å². The van der Waals surface area contributed by atoms with Crippen LogP contribution in [-0.4, -0.2) is 72.3 Å². The predicted molar refractivity (Wildman–Crippen MR) is 139 cm³/mol. The second-order valence-corrected chi connectivity index (χ2v) is 9.99. The molecule has 3 aromatic rings. The summed E-state index contributed by atoms with van der Waals surface area (Å²) in [5, 5.41) is 10.2. The number of piperidine rings is 1. The Morgan fingerprint density at radius 3 is 2.46 bits per heavy atom. The smallest absolute Gasteiger partial charge is 0.807 e. The zero-order chi connectivity index (χ0) is 24.5. The SMILES string of the molecule is [N-]=C1CCc2cc(-c3oc(C4CCN(C(=O)CN5CCOCC5)CC4)cc3-c3ccncc3)ccc21.[Os+]. The van der Waals surface area contributed by atoms with E-state index >= 15 is 0 Å². The first-order valence-electron chi connectivity index (χ1n) is 13.0. The molecule has 2 saturated heterocycles. The number of carbonyl (C=O) groups excluding carboxylic acids is 1. The molecule has 1 radical (unpaired) electrons. The molecule has 0 unspecified atom stereocenters. The summed E-state index contributed by atoms with van der Waals surface area (Å²) in [4.78, 5) is 21.2. The number of carbonyl (C=O) groups is 1. The topological polar surface area (TPSA) is 81.1 Å². The van der Waals surface area contributed by atoms with E-state index in [1.807, 2.05) is 29.2 Å². The molecule has 1 amide bonds. The molecule has 1 aromatic carbocycles. The van der Waals surface area contributed by atoms with Crippen molar-refractivity contribution in [1.82, 2.24) is 14.8 Å². The molecule has 2 aliphatic heterocycles. The summed E-state index contributed by atoms with van der Waals surface area (Å²) in [6.07, 6.45) is 6.95. The van der Waals surface area contributed by atoms with Crippen LogP contribution in [0.2, 0.25) is 0 Å². The average Bonchev–Trinajstić information content (AvgIpc) is 3.54. The maximum atomic E-state index is 12.8. The summed E-state index contributed by atoms with van der Waals surface area (Å²) in [6, 6.07) is 12.4. The molecule has 0 atom stereocenters. The number of fused-ring (bicyclic) bond motifs is 1. The molecular formula is C29H31N4O3Os. The number of nitrogens with zero attached hydrogens (tertiary/aromatic N) is 4. The third-order valence-electron chi connectivity index (χ3n) is 7.76. The van der Waals surface area contributed by atoms with Crippen LogP contribution in [-0.2, 0) is 35.7 Å². The minimum Gasteiger partial charge on any atom is -0.807 e. The summed E-state index contributed by atoms with van der Waals surface area (Å²) >= 11 is 0. The largest absolute Gasteiger partial charge is 1.00 e. The van der Waals surface area contributed by atoms with Gasteiger partial charge < -0.3 is 19.5 Å². The van der Waals surface area contributed by atoms with E-state index in [0.29, 0.717) is 31.9 Å². The maximum Gasteiger partial charge on any atom is 1.00 e. The summed E-state index contributed by atoms with van der Waals surface area (Å²) < 4.78 is 12.0. The minimum absolute atomic E-state index is 0. The van der Waals surface area contributed by atoms with Crippen molar-refractivity contribution in [1.29, 1.82) is 0 Å². The Hall–Kier alpha value is -2.65. The molecule has 193 valence electrons. The summed E-state index contributed by atoms with van der Waals surface area (Å²) in [7, 11) is 0. The van der Waals surface area contributed by atoms with Crippen LogP contribution in [0.5, 0.6) is 0 Å². The molecule has 2 fully saturated rings. The molecule has 8 heteroatoms. The Kier molecular flexibility index (Phi) is 8.00. The number of ether oxygens (including phenoxy) is 1. The van der Waals surface area contributed by atoms with E-state index in [2.05, 4.69) is 22.0 Å². The normalized spacial score (nSPS) is 18.5. The van der Waals surface area contributed by atoms with Crippen molar-refractivity contribution >= 4 is 11.6 Å². The monoisotopic (exact) mass is 675 g/mol. The zero-order valence-electron chi connectivity index (χ0n) is 20.8. The van der Waals surface area contributed by atoms with Gasteiger partial charge in [-0.2, -0.15) is 5.71 Å². The molecule has 6 rings (SSSR count). The van der Waals surface area contributed by atoms with Gasteiger partial charge in [0.25, 0.3) is 0 Å². The van der Waals surface area contributed by atoms with Crippen LogP contribution in [0, 0.1) is 0 Å². The van der Waals surface area contributed by atoms with Crippen molar-refractivity contribution in [3.8, 4) is 22.5 Å². The molecule has 2 aromatic heterocycles. The summed E-state index contributed by atoms with van der Waals surface area (Å²) in [5.74, 6) is 2.33. The molecule has 37 heavy (non-hydrogen) atoms. The van der Waals surface area contributed by atoms with Crippen LogP contribution in [0.1, 0.15) is 42.1 Å². The van der Waals surface area contributed by atoms with E-state index in [0.717, 1.165) is 84.8 Å². The van der Waals surface area contributed by atoms with Gasteiger partial charge in [-0.15, -0.1) is 0 Å². The van der Waals surface area contributed by atoms with Crippen LogP contribution in [0.25, 0.3) is 27.9 Å². The first-order chi connectivity index (χ1) is 17.7. The van der Waals surface area contributed by atoms with Gasteiger partial charge in [0.1, 0.15) is 11.5 Å². The number of pyridine rings is 1. The summed E-state index contributed by atoms with van der Waals surface area (Å²) in [5.41, 5.74) is 5.74. The van der Waals surface area contributed by atoms with Gasteiger partial charge in [0.2, 0.25) is 5.91 Å². The van der Waals surface area contributed by atoms with Gasteiger partial charge in [-0.1, -0.05) is 12.1 Å². The van der Waals surface area contributed by atoms with Gasteiger partial charge in [-0.25, -0.2) is 0 Å². The van der Waals surface area contributed by atoms with E-state index in [1.54, 1.807) is 12.4 Å². The number of benzene rings is 1. The number of morpholine rings is 1. The number of amides is 1. The Labute approximate surface area is 230 Å². The Balaban J connectivity index is 0.00000280. The van der Waals surface area contributed by atoms with Gasteiger partial charge in [0.05, 0.1) is 19.8 Å². The molecule has 4 heterocycles. The number of rotatable bonds is 5. The molecule has 7 nitrogen and oxygen atoms in total. The number of hydrogen-bond donors (Lipinski definition) is 0. The third-order valence-corrected chi connectivity index (χ3v) is 7.76. The molecular weight excluding hydrogens is 643 g/mol. The van der Waals surface area contributed by atoms with Crippen molar-refractivity contribution in [2.45, 2.75) is 31.6 Å². The van der Waals surface area contributed by atoms with Crippen LogP contribution in [0.3, 0.4) is 0 Å². The fourth-order valence-electron chi connectivity index (χ4n) is 5.65. The van der Waals surface area contributed by atoms with Gasteiger partial charge in [0, 0.05) is 55.6 Å². The predicted octanol–water partition coefficient (Wildman–Crippen LogP) is 4.35. The standard InChI is InChI=1S/C29H31N4O3.Os/c30-26-4-2-22-17-23(1-3-24(22)26)29-25(20-5-9-31-10-6-20)18-27(36-29)21-7-11-33(12-8-21)28(34)19-32-13-15-35-16-14-32;/h1,3,5-6,9-10,17-18,21H,2,4,7-8,11-16,19H2;/q-1;+1. The summed E-state index contributed by atoms with van der Waals surface area (Å²) in [6.45, 7) is 5.06. The Bertz CT molecular complexity index is 1260. The van der Waals surface area contributed by atoms with Crippen LogP contribution in [0.4, 0.5) is 0 Å². The quantitative estimate of drug-likeness (QED) is 0.403. The van der Waals surface area contributed by atoms with Crippen molar-refractivity contribution in [3.05, 3.63) is 71.1 Å². The zero-order valence-corrected chi connectivity index (χ0v) is 23.4.